The molecule has 1 N–H and O–H groups in total. The molecule has 0 spiro atoms. The standard InChI is InChI=1S/C21H24N4O2/c1-14-11-15(2)23-21(22-14)27-19-8-6-17(7-9-19)24-20(26)16-12-18-5-3-4-10-25(18)13-16/h3-5,10-13,17,19H,6-9H2,1-2H3,(H,24,26). The van der Waals surface area contributed by atoms with Gasteiger partial charge < -0.3 is 14.5 Å². The number of rotatable bonds is 4. The molecule has 3 aromatic heterocycles. The van der Waals surface area contributed by atoms with Crippen molar-refractivity contribution in [3.05, 3.63) is 59.7 Å². The molecule has 3 heterocycles. The fourth-order valence-electron chi connectivity index (χ4n) is 3.67. The Morgan fingerprint density at radius 2 is 1.85 bits per heavy atom. The van der Waals surface area contributed by atoms with Gasteiger partial charge in [0.2, 0.25) is 0 Å². The number of carbonyl (C=O) groups is 1. The summed E-state index contributed by atoms with van der Waals surface area (Å²) in [6.45, 7) is 3.89. The van der Waals surface area contributed by atoms with Crippen LogP contribution in [0.4, 0.5) is 0 Å². The molecule has 0 aromatic carbocycles. The third kappa shape index (κ3) is 4.10. The number of pyridine rings is 1. The number of nitrogens with one attached hydrogen (secondary N) is 1. The minimum Gasteiger partial charge on any atom is -0.460 e. The fourth-order valence-corrected chi connectivity index (χ4v) is 3.67. The van der Waals surface area contributed by atoms with Gasteiger partial charge in [0.1, 0.15) is 6.10 Å². The number of aromatic nitrogens is 3. The molecule has 3 aromatic rings. The third-order valence-electron chi connectivity index (χ3n) is 5.01. The Morgan fingerprint density at radius 1 is 1.11 bits per heavy atom. The number of nitrogens with zero attached hydrogens (tertiary/aromatic N) is 3. The van der Waals surface area contributed by atoms with E-state index in [9.17, 15) is 4.79 Å². The van der Waals surface area contributed by atoms with Gasteiger partial charge in [-0.2, -0.15) is 0 Å². The molecule has 0 saturated heterocycles. The van der Waals surface area contributed by atoms with Gasteiger partial charge in [0, 0.05) is 35.3 Å². The van der Waals surface area contributed by atoms with Crippen LogP contribution in [-0.4, -0.2) is 32.4 Å². The minimum atomic E-state index is -0.0132. The normalized spacial score (nSPS) is 19.8. The third-order valence-corrected chi connectivity index (χ3v) is 5.01. The van der Waals surface area contributed by atoms with Crippen LogP contribution in [0.25, 0.3) is 5.52 Å². The maximum atomic E-state index is 12.6. The van der Waals surface area contributed by atoms with Gasteiger partial charge in [-0.15, -0.1) is 0 Å². The Morgan fingerprint density at radius 3 is 2.56 bits per heavy atom. The van der Waals surface area contributed by atoms with E-state index in [-0.39, 0.29) is 18.1 Å². The van der Waals surface area contributed by atoms with E-state index in [0.717, 1.165) is 42.6 Å². The number of aryl methyl sites for hydroxylation is 2. The van der Waals surface area contributed by atoms with E-state index < -0.39 is 0 Å². The fraction of sp³-hybridized carbons (Fsp3) is 0.381. The summed E-state index contributed by atoms with van der Waals surface area (Å²) in [5.41, 5.74) is 3.55. The minimum absolute atomic E-state index is 0.0132. The highest BCUT2D eigenvalue weighted by molar-refractivity contribution is 5.95. The van der Waals surface area contributed by atoms with E-state index in [4.69, 9.17) is 4.74 Å². The summed E-state index contributed by atoms with van der Waals surface area (Å²) in [5, 5.41) is 3.16. The van der Waals surface area contributed by atoms with Crippen LogP contribution < -0.4 is 10.1 Å². The van der Waals surface area contributed by atoms with Crippen LogP contribution in [0.1, 0.15) is 47.4 Å². The Hall–Kier alpha value is -2.89. The Kier molecular flexibility index (Phi) is 4.79. The quantitative estimate of drug-likeness (QED) is 0.770. The van der Waals surface area contributed by atoms with Crippen LogP contribution in [0.5, 0.6) is 6.01 Å². The van der Waals surface area contributed by atoms with Crippen molar-refractivity contribution in [3.8, 4) is 6.01 Å². The highest BCUT2D eigenvalue weighted by Gasteiger charge is 2.25. The zero-order chi connectivity index (χ0) is 18.8. The molecule has 0 atom stereocenters. The smallest absolute Gasteiger partial charge is 0.317 e. The van der Waals surface area contributed by atoms with E-state index in [0.29, 0.717) is 11.6 Å². The summed E-state index contributed by atoms with van der Waals surface area (Å²) in [7, 11) is 0. The highest BCUT2D eigenvalue weighted by Crippen LogP contribution is 2.23. The second kappa shape index (κ2) is 7.39. The average molecular weight is 364 g/mol. The lowest BCUT2D eigenvalue weighted by Crippen LogP contribution is -2.39. The second-order valence-electron chi connectivity index (χ2n) is 7.26. The SMILES string of the molecule is Cc1cc(C)nc(OC2CCC(NC(=O)c3cc4ccccn4c3)CC2)n1. The molecule has 0 aliphatic heterocycles. The molecule has 1 amide bonds. The molecular weight excluding hydrogens is 340 g/mol. The molecule has 6 heteroatoms. The summed E-state index contributed by atoms with van der Waals surface area (Å²) in [6, 6.07) is 10.4. The van der Waals surface area contributed by atoms with E-state index in [1.807, 2.05) is 61.0 Å². The monoisotopic (exact) mass is 364 g/mol. The van der Waals surface area contributed by atoms with Crippen molar-refractivity contribution in [1.82, 2.24) is 19.7 Å². The van der Waals surface area contributed by atoms with Crippen LogP contribution >= 0.6 is 0 Å². The molecule has 4 rings (SSSR count). The Bertz CT molecular complexity index is 904. The summed E-state index contributed by atoms with van der Waals surface area (Å²) >= 11 is 0. The number of hydrogen-bond acceptors (Lipinski definition) is 4. The lowest BCUT2D eigenvalue weighted by atomic mass is 9.93. The molecule has 1 aliphatic rings. The topological polar surface area (TPSA) is 68.5 Å². The molecule has 0 bridgehead atoms. The maximum Gasteiger partial charge on any atom is 0.317 e. The number of carbonyl (C=O) groups excluding carboxylic acids is 1. The van der Waals surface area contributed by atoms with Gasteiger partial charge in [-0.3, -0.25) is 4.79 Å². The zero-order valence-electron chi connectivity index (χ0n) is 15.7. The van der Waals surface area contributed by atoms with Crippen molar-refractivity contribution < 1.29 is 9.53 Å². The average Bonchev–Trinajstić information content (AvgIpc) is 3.07. The number of ether oxygens (including phenoxy) is 1. The van der Waals surface area contributed by atoms with E-state index >= 15 is 0 Å². The summed E-state index contributed by atoms with van der Waals surface area (Å²) in [5.74, 6) is -0.0132. The van der Waals surface area contributed by atoms with Crippen LogP contribution in [0.15, 0.2) is 42.7 Å². The lowest BCUT2D eigenvalue weighted by Gasteiger charge is -2.28. The summed E-state index contributed by atoms with van der Waals surface area (Å²) in [4.78, 5) is 21.3. The molecule has 1 fully saturated rings. The summed E-state index contributed by atoms with van der Waals surface area (Å²) < 4.78 is 7.92. The van der Waals surface area contributed by atoms with Crippen molar-refractivity contribution in [3.63, 3.8) is 0 Å². The zero-order valence-corrected chi connectivity index (χ0v) is 15.7. The molecule has 0 radical (unpaired) electrons. The van der Waals surface area contributed by atoms with Gasteiger partial charge >= 0.3 is 6.01 Å². The van der Waals surface area contributed by atoms with Gasteiger partial charge in [-0.25, -0.2) is 9.97 Å². The lowest BCUT2D eigenvalue weighted by molar-refractivity contribution is 0.0885. The molecule has 27 heavy (non-hydrogen) atoms. The first-order valence-corrected chi connectivity index (χ1v) is 9.43. The number of amides is 1. The van der Waals surface area contributed by atoms with E-state index in [1.54, 1.807) is 0 Å². The van der Waals surface area contributed by atoms with Gasteiger partial charge in [0.25, 0.3) is 5.91 Å². The Balaban J connectivity index is 1.31. The first-order chi connectivity index (χ1) is 13.1. The highest BCUT2D eigenvalue weighted by atomic mass is 16.5. The number of fused-ring (bicyclic) bond motifs is 1. The first-order valence-electron chi connectivity index (χ1n) is 9.43. The van der Waals surface area contributed by atoms with Gasteiger partial charge in [0.05, 0.1) is 5.56 Å². The van der Waals surface area contributed by atoms with Crippen LogP contribution in [-0.2, 0) is 0 Å². The van der Waals surface area contributed by atoms with Crippen molar-refractivity contribution in [2.45, 2.75) is 51.7 Å². The van der Waals surface area contributed by atoms with Gasteiger partial charge in [-0.05, 0) is 63.8 Å². The van der Waals surface area contributed by atoms with Crippen molar-refractivity contribution in [2.75, 3.05) is 0 Å². The van der Waals surface area contributed by atoms with Crippen LogP contribution in [0.2, 0.25) is 0 Å². The Labute approximate surface area is 158 Å². The molecule has 140 valence electrons. The predicted molar refractivity (Wildman–Crippen MR) is 103 cm³/mol. The number of hydrogen-bond donors (Lipinski definition) is 1. The molecular formula is C21H24N4O2. The van der Waals surface area contributed by atoms with Crippen LogP contribution in [0.3, 0.4) is 0 Å². The molecule has 6 nitrogen and oxygen atoms in total. The summed E-state index contributed by atoms with van der Waals surface area (Å²) in [6.07, 6.45) is 7.50. The van der Waals surface area contributed by atoms with E-state index in [2.05, 4.69) is 15.3 Å². The molecule has 1 saturated carbocycles. The van der Waals surface area contributed by atoms with Crippen molar-refractivity contribution in [2.24, 2.45) is 0 Å². The molecule has 1 aliphatic carbocycles. The predicted octanol–water partition coefficient (Wildman–Crippen LogP) is 3.47. The second-order valence-corrected chi connectivity index (χ2v) is 7.26. The van der Waals surface area contributed by atoms with Crippen molar-refractivity contribution >= 4 is 11.4 Å². The van der Waals surface area contributed by atoms with E-state index in [1.165, 1.54) is 0 Å². The largest absolute Gasteiger partial charge is 0.460 e. The van der Waals surface area contributed by atoms with Crippen LogP contribution in [0, 0.1) is 13.8 Å². The molecule has 0 unspecified atom stereocenters. The van der Waals surface area contributed by atoms with Crippen molar-refractivity contribution in [1.29, 1.82) is 0 Å². The first kappa shape index (κ1) is 17.5. The van der Waals surface area contributed by atoms with Gasteiger partial charge in [-0.1, -0.05) is 6.07 Å². The van der Waals surface area contributed by atoms with Gasteiger partial charge in [0.15, 0.2) is 0 Å². The maximum absolute atomic E-state index is 12.6.